The number of hydrogen-bond donors (Lipinski definition) is 0. The van der Waals surface area contributed by atoms with Crippen molar-refractivity contribution in [3.8, 4) is 11.4 Å². The van der Waals surface area contributed by atoms with Crippen molar-refractivity contribution in [3.05, 3.63) is 50.6 Å². The molecule has 7 heteroatoms. The fourth-order valence-corrected chi connectivity index (χ4v) is 4.35. The van der Waals surface area contributed by atoms with Gasteiger partial charge in [0.1, 0.15) is 0 Å². The average Bonchev–Trinajstić information content (AvgIpc) is 3.11. The molecule has 0 saturated heterocycles. The minimum Gasteiger partial charge on any atom is -0.305 e. The number of hydrogen-bond acceptors (Lipinski definition) is 5. The molecule has 3 aromatic rings. The van der Waals surface area contributed by atoms with Crippen molar-refractivity contribution in [2.24, 2.45) is 7.05 Å². The van der Waals surface area contributed by atoms with Crippen molar-refractivity contribution in [2.75, 3.05) is 5.75 Å². The average molecular weight is 408 g/mol. The molecule has 2 aromatic heterocycles. The monoisotopic (exact) mass is 407 g/mol. The van der Waals surface area contributed by atoms with Gasteiger partial charge in [0, 0.05) is 12.6 Å². The lowest BCUT2D eigenvalue weighted by Crippen LogP contribution is -2.02. The Morgan fingerprint density at radius 2 is 2.13 bits per heavy atom. The molecule has 0 aliphatic carbocycles. The second kappa shape index (κ2) is 6.98. The third-order valence-electron chi connectivity index (χ3n) is 3.29. The highest BCUT2D eigenvalue weighted by atomic mass is 79.9. The van der Waals surface area contributed by atoms with Crippen molar-refractivity contribution in [1.82, 2.24) is 14.8 Å². The number of carbonyl (C=O) groups excluding carboxylic acids is 1. The van der Waals surface area contributed by atoms with Gasteiger partial charge in [-0.2, -0.15) is 0 Å². The number of halogens is 1. The third-order valence-corrected chi connectivity index (χ3v) is 5.98. The molecule has 0 aliphatic heterocycles. The second-order valence-corrected chi connectivity index (χ2v) is 8.46. The molecule has 0 spiro atoms. The van der Waals surface area contributed by atoms with Gasteiger partial charge in [-0.3, -0.25) is 4.79 Å². The number of ketones is 1. The number of Topliss-reactive ketones (excluding diaryl/α,β-unsaturated/α-hetero) is 1. The smallest absolute Gasteiger partial charge is 0.191 e. The molecule has 0 radical (unpaired) electrons. The first kappa shape index (κ1) is 16.4. The van der Waals surface area contributed by atoms with Crippen LogP contribution in [0.2, 0.25) is 0 Å². The highest BCUT2D eigenvalue weighted by Gasteiger charge is 2.14. The summed E-state index contributed by atoms with van der Waals surface area (Å²) in [5.41, 5.74) is 2.21. The first-order valence-corrected chi connectivity index (χ1v) is 9.52. The molecule has 0 fully saturated rings. The van der Waals surface area contributed by atoms with Gasteiger partial charge >= 0.3 is 0 Å². The van der Waals surface area contributed by atoms with E-state index in [1.165, 1.54) is 28.7 Å². The first-order valence-electron chi connectivity index (χ1n) is 6.92. The van der Waals surface area contributed by atoms with Gasteiger partial charge in [-0.15, -0.1) is 21.5 Å². The molecule has 4 nitrogen and oxygen atoms in total. The van der Waals surface area contributed by atoms with Gasteiger partial charge < -0.3 is 4.57 Å². The van der Waals surface area contributed by atoms with E-state index in [9.17, 15) is 4.79 Å². The lowest BCUT2D eigenvalue weighted by Gasteiger charge is -2.04. The van der Waals surface area contributed by atoms with Gasteiger partial charge in [0.2, 0.25) is 0 Å². The van der Waals surface area contributed by atoms with E-state index >= 15 is 0 Å². The third kappa shape index (κ3) is 3.73. The van der Waals surface area contributed by atoms with E-state index in [0.717, 1.165) is 25.2 Å². The molecule has 0 bridgehead atoms. The van der Waals surface area contributed by atoms with Crippen molar-refractivity contribution in [2.45, 2.75) is 12.1 Å². The Morgan fingerprint density at radius 3 is 2.83 bits per heavy atom. The van der Waals surface area contributed by atoms with Gasteiger partial charge in [-0.1, -0.05) is 35.5 Å². The van der Waals surface area contributed by atoms with Crippen LogP contribution in [0.15, 0.2) is 45.3 Å². The lowest BCUT2D eigenvalue weighted by atomic mass is 10.1. The van der Waals surface area contributed by atoms with Crippen molar-refractivity contribution in [3.63, 3.8) is 0 Å². The highest BCUT2D eigenvalue weighted by Crippen LogP contribution is 2.26. The number of thiophene rings is 1. The maximum Gasteiger partial charge on any atom is 0.191 e. The fourth-order valence-electron chi connectivity index (χ4n) is 2.14. The molecule has 0 unspecified atom stereocenters. The summed E-state index contributed by atoms with van der Waals surface area (Å²) < 4.78 is 2.89. The van der Waals surface area contributed by atoms with Crippen LogP contribution >= 0.6 is 39.0 Å². The molecule has 3 rings (SSSR count). The van der Waals surface area contributed by atoms with E-state index in [0.29, 0.717) is 5.75 Å². The summed E-state index contributed by atoms with van der Waals surface area (Å²) in [4.78, 5) is 12.9. The number of aromatic nitrogens is 3. The number of carbonyl (C=O) groups is 1. The molecule has 0 amide bonds. The predicted molar refractivity (Wildman–Crippen MR) is 98.2 cm³/mol. The van der Waals surface area contributed by atoms with Crippen LogP contribution in [0.1, 0.15) is 15.2 Å². The number of nitrogens with zero attached hydrogens (tertiary/aromatic N) is 3. The van der Waals surface area contributed by atoms with Crippen LogP contribution in [-0.4, -0.2) is 26.3 Å². The van der Waals surface area contributed by atoms with Gasteiger partial charge in [0.15, 0.2) is 16.8 Å². The Labute approximate surface area is 151 Å². The highest BCUT2D eigenvalue weighted by molar-refractivity contribution is 9.11. The van der Waals surface area contributed by atoms with Crippen molar-refractivity contribution >= 4 is 44.8 Å². The standard InChI is InChI=1S/C16H14BrN3OS2/c1-10-4-3-5-11(8-10)15-18-19-16(20(15)2)22-9-12(21)13-6-7-14(17)23-13/h3-8H,9H2,1-2H3. The SMILES string of the molecule is Cc1cccc(-c2nnc(SCC(=O)c3ccc(Br)s3)n2C)c1. The van der Waals surface area contributed by atoms with Crippen molar-refractivity contribution < 1.29 is 4.79 Å². The molecule has 23 heavy (non-hydrogen) atoms. The van der Waals surface area contributed by atoms with E-state index < -0.39 is 0 Å². The molecule has 2 heterocycles. The number of aryl methyl sites for hydroxylation is 1. The summed E-state index contributed by atoms with van der Waals surface area (Å²) in [5, 5.41) is 9.21. The van der Waals surface area contributed by atoms with E-state index in [4.69, 9.17) is 0 Å². The molecule has 118 valence electrons. The molecule has 1 aromatic carbocycles. The summed E-state index contributed by atoms with van der Waals surface area (Å²) in [6.07, 6.45) is 0. The Bertz CT molecular complexity index is 857. The summed E-state index contributed by atoms with van der Waals surface area (Å²) >= 11 is 6.24. The Kier molecular flexibility index (Phi) is 4.99. The normalized spacial score (nSPS) is 10.9. The lowest BCUT2D eigenvalue weighted by molar-refractivity contribution is 0.102. The zero-order valence-corrected chi connectivity index (χ0v) is 15.8. The van der Waals surface area contributed by atoms with Crippen LogP contribution in [0.3, 0.4) is 0 Å². The van der Waals surface area contributed by atoms with E-state index in [1.54, 1.807) is 0 Å². The van der Waals surface area contributed by atoms with E-state index in [1.807, 2.05) is 48.9 Å². The number of rotatable bonds is 5. The largest absolute Gasteiger partial charge is 0.305 e. The summed E-state index contributed by atoms with van der Waals surface area (Å²) in [7, 11) is 1.92. The topological polar surface area (TPSA) is 47.8 Å². The van der Waals surface area contributed by atoms with Gasteiger partial charge in [0.05, 0.1) is 14.4 Å². The fraction of sp³-hybridized carbons (Fsp3) is 0.188. The van der Waals surface area contributed by atoms with E-state index in [2.05, 4.69) is 32.2 Å². The van der Waals surface area contributed by atoms with Crippen LogP contribution in [0, 0.1) is 6.92 Å². The minimum atomic E-state index is 0.103. The van der Waals surface area contributed by atoms with Crippen LogP contribution in [0.4, 0.5) is 0 Å². The van der Waals surface area contributed by atoms with Gasteiger partial charge in [-0.05, 0) is 41.1 Å². The molecular weight excluding hydrogens is 394 g/mol. The van der Waals surface area contributed by atoms with Crippen molar-refractivity contribution in [1.29, 1.82) is 0 Å². The van der Waals surface area contributed by atoms with Crippen LogP contribution < -0.4 is 0 Å². The Balaban J connectivity index is 1.74. The number of benzene rings is 1. The van der Waals surface area contributed by atoms with Gasteiger partial charge in [-0.25, -0.2) is 0 Å². The zero-order valence-electron chi connectivity index (χ0n) is 12.6. The summed E-state index contributed by atoms with van der Waals surface area (Å²) in [6, 6.07) is 11.9. The molecule has 0 atom stereocenters. The molecular formula is C16H14BrN3OS2. The molecule has 0 aliphatic rings. The van der Waals surface area contributed by atoms with Crippen LogP contribution in [0.25, 0.3) is 11.4 Å². The number of thioether (sulfide) groups is 1. The summed E-state index contributed by atoms with van der Waals surface area (Å²) in [6.45, 7) is 2.05. The zero-order chi connectivity index (χ0) is 16.4. The summed E-state index contributed by atoms with van der Waals surface area (Å²) in [5.74, 6) is 1.26. The minimum absolute atomic E-state index is 0.103. The quantitative estimate of drug-likeness (QED) is 0.458. The molecule has 0 N–H and O–H groups in total. The maximum atomic E-state index is 12.2. The predicted octanol–water partition coefficient (Wildman–Crippen LogP) is 4.59. The Hall–Kier alpha value is -1.44. The Morgan fingerprint density at radius 1 is 1.30 bits per heavy atom. The van der Waals surface area contributed by atoms with Crippen LogP contribution in [0.5, 0.6) is 0 Å². The van der Waals surface area contributed by atoms with Crippen LogP contribution in [-0.2, 0) is 7.05 Å². The van der Waals surface area contributed by atoms with E-state index in [-0.39, 0.29) is 5.78 Å². The molecule has 0 saturated carbocycles. The first-order chi connectivity index (χ1) is 11.0. The second-order valence-electron chi connectivity index (χ2n) is 5.05. The van der Waals surface area contributed by atoms with Gasteiger partial charge in [0.25, 0.3) is 0 Å². The maximum absolute atomic E-state index is 12.2.